The van der Waals surface area contributed by atoms with Gasteiger partial charge in [0.25, 0.3) is 0 Å². The predicted octanol–water partition coefficient (Wildman–Crippen LogP) is 1.73. The molecule has 0 radical (unpaired) electrons. The minimum absolute atomic E-state index is 0.144. The van der Waals surface area contributed by atoms with E-state index in [0.717, 1.165) is 0 Å². The number of carboxylic acid groups (broad SMARTS) is 1. The van der Waals surface area contributed by atoms with Crippen molar-refractivity contribution in [1.29, 1.82) is 0 Å². The Morgan fingerprint density at radius 1 is 1.53 bits per heavy atom. The number of halogens is 1. The second-order valence-electron chi connectivity index (χ2n) is 2.80. The second-order valence-corrected chi connectivity index (χ2v) is 3.66. The highest BCUT2D eigenvalue weighted by atomic mass is 79.9. The molecule has 0 aliphatic carbocycles. The van der Waals surface area contributed by atoms with E-state index in [1.54, 1.807) is 23.3 Å². The highest BCUT2D eigenvalue weighted by Crippen LogP contribution is 2.19. The number of hydrogen-bond acceptors (Lipinski definition) is 3. The van der Waals surface area contributed by atoms with Crippen LogP contribution >= 0.6 is 15.9 Å². The van der Waals surface area contributed by atoms with Crippen LogP contribution in [0.4, 0.5) is 0 Å². The maximum Gasteiger partial charge on any atom is 0.337 e. The average Bonchev–Trinajstić information content (AvgIpc) is 2.70. The van der Waals surface area contributed by atoms with E-state index >= 15 is 0 Å². The molecular weight excluding hydrogens is 262 g/mol. The van der Waals surface area contributed by atoms with Crippen LogP contribution in [-0.4, -0.2) is 25.6 Å². The third kappa shape index (κ3) is 1.89. The summed E-state index contributed by atoms with van der Waals surface area (Å²) in [6, 6.07) is 1.50. The summed E-state index contributed by atoms with van der Waals surface area (Å²) in [5, 5.41) is 8.75. The SMILES string of the molecule is O=C(O)c1cnc(-n2ccnc2)c(Br)c1. The number of rotatable bonds is 2. The van der Waals surface area contributed by atoms with Crippen molar-refractivity contribution in [3.63, 3.8) is 0 Å². The molecule has 0 saturated carbocycles. The fourth-order valence-corrected chi connectivity index (χ4v) is 1.68. The summed E-state index contributed by atoms with van der Waals surface area (Å²) in [5.41, 5.74) is 0.144. The minimum atomic E-state index is -1.000. The molecule has 2 rings (SSSR count). The molecular formula is C9H6BrN3O2. The zero-order chi connectivity index (χ0) is 10.8. The lowest BCUT2D eigenvalue weighted by Crippen LogP contribution is -2.01. The number of pyridine rings is 1. The number of imidazole rings is 1. The number of nitrogens with zero attached hydrogens (tertiary/aromatic N) is 3. The van der Waals surface area contributed by atoms with Crippen LogP contribution < -0.4 is 0 Å². The lowest BCUT2D eigenvalue weighted by molar-refractivity contribution is 0.0696. The van der Waals surface area contributed by atoms with Gasteiger partial charge in [-0.05, 0) is 22.0 Å². The maximum atomic E-state index is 10.7. The number of carboxylic acids is 1. The quantitative estimate of drug-likeness (QED) is 0.900. The molecule has 15 heavy (non-hydrogen) atoms. The van der Waals surface area contributed by atoms with Crippen molar-refractivity contribution >= 4 is 21.9 Å². The number of aromatic carboxylic acids is 1. The summed E-state index contributed by atoms with van der Waals surface area (Å²) >= 11 is 3.26. The molecule has 76 valence electrons. The molecule has 0 unspecified atom stereocenters. The second kappa shape index (κ2) is 3.82. The Bertz CT molecular complexity index is 496. The van der Waals surface area contributed by atoms with Crippen LogP contribution in [0.3, 0.4) is 0 Å². The van der Waals surface area contributed by atoms with E-state index in [9.17, 15) is 4.79 Å². The normalized spacial score (nSPS) is 10.2. The molecule has 5 nitrogen and oxygen atoms in total. The van der Waals surface area contributed by atoms with Gasteiger partial charge in [-0.1, -0.05) is 0 Å². The summed E-state index contributed by atoms with van der Waals surface area (Å²) in [6.45, 7) is 0. The molecule has 6 heteroatoms. The van der Waals surface area contributed by atoms with Gasteiger partial charge in [0.2, 0.25) is 0 Å². The molecule has 2 aromatic rings. The molecule has 0 aromatic carbocycles. The van der Waals surface area contributed by atoms with Crippen LogP contribution in [-0.2, 0) is 0 Å². The van der Waals surface area contributed by atoms with Gasteiger partial charge in [0.15, 0.2) is 5.82 Å². The summed E-state index contributed by atoms with van der Waals surface area (Å²) in [5.74, 6) is -0.391. The summed E-state index contributed by atoms with van der Waals surface area (Å²) < 4.78 is 2.30. The fourth-order valence-electron chi connectivity index (χ4n) is 1.12. The van der Waals surface area contributed by atoms with E-state index in [4.69, 9.17) is 5.11 Å². The first kappa shape index (κ1) is 9.85. The van der Waals surface area contributed by atoms with Crippen molar-refractivity contribution in [2.75, 3.05) is 0 Å². The van der Waals surface area contributed by atoms with Crippen LogP contribution in [0.15, 0.2) is 35.5 Å². The first-order valence-corrected chi connectivity index (χ1v) is 4.85. The highest BCUT2D eigenvalue weighted by molar-refractivity contribution is 9.10. The van der Waals surface area contributed by atoms with Gasteiger partial charge in [0.1, 0.15) is 6.33 Å². The summed E-state index contributed by atoms with van der Waals surface area (Å²) in [7, 11) is 0. The van der Waals surface area contributed by atoms with Gasteiger partial charge >= 0.3 is 5.97 Å². The standard InChI is InChI=1S/C9H6BrN3O2/c10-7-3-6(9(14)15)4-12-8(7)13-2-1-11-5-13/h1-5H,(H,14,15). The molecule has 0 saturated heterocycles. The van der Waals surface area contributed by atoms with Gasteiger partial charge in [0.05, 0.1) is 10.0 Å². The fraction of sp³-hybridized carbons (Fsp3) is 0. The lowest BCUT2D eigenvalue weighted by Gasteiger charge is -2.04. The molecule has 2 aromatic heterocycles. The third-order valence-corrected chi connectivity index (χ3v) is 2.40. The lowest BCUT2D eigenvalue weighted by atomic mass is 10.3. The molecule has 0 amide bonds. The largest absolute Gasteiger partial charge is 0.478 e. The molecule has 0 spiro atoms. The Labute approximate surface area is 93.5 Å². The van der Waals surface area contributed by atoms with Crippen molar-refractivity contribution < 1.29 is 9.90 Å². The van der Waals surface area contributed by atoms with E-state index in [1.807, 2.05) is 0 Å². The van der Waals surface area contributed by atoms with Gasteiger partial charge in [0, 0.05) is 18.6 Å². The van der Waals surface area contributed by atoms with Crippen molar-refractivity contribution in [3.8, 4) is 5.82 Å². The average molecular weight is 268 g/mol. The highest BCUT2D eigenvalue weighted by Gasteiger charge is 2.08. The maximum absolute atomic E-state index is 10.7. The van der Waals surface area contributed by atoms with Crippen LogP contribution in [0.5, 0.6) is 0 Å². The first-order valence-electron chi connectivity index (χ1n) is 4.05. The van der Waals surface area contributed by atoms with E-state index in [2.05, 4.69) is 25.9 Å². The Morgan fingerprint density at radius 3 is 2.87 bits per heavy atom. The zero-order valence-corrected chi connectivity index (χ0v) is 9.05. The molecule has 2 heterocycles. The van der Waals surface area contributed by atoms with Gasteiger partial charge in [-0.2, -0.15) is 0 Å². The van der Waals surface area contributed by atoms with Crippen molar-refractivity contribution in [1.82, 2.24) is 14.5 Å². The first-order chi connectivity index (χ1) is 7.18. The van der Waals surface area contributed by atoms with E-state index in [1.165, 1.54) is 12.3 Å². The Morgan fingerprint density at radius 2 is 2.33 bits per heavy atom. The van der Waals surface area contributed by atoms with Crippen molar-refractivity contribution in [2.45, 2.75) is 0 Å². The van der Waals surface area contributed by atoms with E-state index < -0.39 is 5.97 Å². The van der Waals surface area contributed by atoms with E-state index in [0.29, 0.717) is 10.3 Å². The summed E-state index contributed by atoms with van der Waals surface area (Å²) in [6.07, 6.45) is 6.25. The van der Waals surface area contributed by atoms with Crippen molar-refractivity contribution in [2.24, 2.45) is 0 Å². The van der Waals surface area contributed by atoms with Crippen LogP contribution in [0.1, 0.15) is 10.4 Å². The number of hydrogen-bond donors (Lipinski definition) is 1. The monoisotopic (exact) mass is 267 g/mol. The Hall–Kier alpha value is -1.69. The van der Waals surface area contributed by atoms with Crippen molar-refractivity contribution in [3.05, 3.63) is 41.0 Å². The molecule has 1 N–H and O–H groups in total. The molecule has 0 aliphatic heterocycles. The zero-order valence-electron chi connectivity index (χ0n) is 7.46. The minimum Gasteiger partial charge on any atom is -0.478 e. The van der Waals surface area contributed by atoms with Gasteiger partial charge < -0.3 is 5.11 Å². The molecule has 0 fully saturated rings. The summed E-state index contributed by atoms with van der Waals surface area (Å²) in [4.78, 5) is 18.6. The Balaban J connectivity index is 2.48. The predicted molar refractivity (Wildman–Crippen MR) is 56.0 cm³/mol. The number of aromatic nitrogens is 3. The van der Waals surface area contributed by atoms with E-state index in [-0.39, 0.29) is 5.56 Å². The van der Waals surface area contributed by atoms with Gasteiger partial charge in [-0.3, -0.25) is 4.57 Å². The van der Waals surface area contributed by atoms with Gasteiger partial charge in [-0.25, -0.2) is 14.8 Å². The van der Waals surface area contributed by atoms with Crippen LogP contribution in [0.2, 0.25) is 0 Å². The number of carbonyl (C=O) groups is 1. The molecule has 0 atom stereocenters. The third-order valence-electron chi connectivity index (χ3n) is 1.82. The van der Waals surface area contributed by atoms with Crippen LogP contribution in [0, 0.1) is 0 Å². The molecule has 0 aliphatic rings. The molecule has 0 bridgehead atoms. The topological polar surface area (TPSA) is 68.0 Å². The smallest absolute Gasteiger partial charge is 0.337 e. The Kier molecular flexibility index (Phi) is 2.51. The van der Waals surface area contributed by atoms with Gasteiger partial charge in [-0.15, -0.1) is 0 Å². The van der Waals surface area contributed by atoms with Crippen LogP contribution in [0.25, 0.3) is 5.82 Å².